The molecule has 4 heteroatoms. The van der Waals surface area contributed by atoms with Crippen LogP contribution in [-0.2, 0) is 0 Å². The Balaban J connectivity index is 1.92. The summed E-state index contributed by atoms with van der Waals surface area (Å²) in [4.78, 5) is 4.73. The molecule has 2 aliphatic carbocycles. The molecule has 0 unspecified atom stereocenters. The first-order valence-corrected chi connectivity index (χ1v) is 7.04. The van der Waals surface area contributed by atoms with E-state index in [0.29, 0.717) is 6.04 Å². The van der Waals surface area contributed by atoms with E-state index in [9.17, 15) is 0 Å². The fraction of sp³-hybridized carbons (Fsp3) is 0.923. The Morgan fingerprint density at radius 3 is 2.35 bits per heavy atom. The van der Waals surface area contributed by atoms with Crippen molar-refractivity contribution < 1.29 is 0 Å². The second-order valence-electron chi connectivity index (χ2n) is 5.81. The number of hydrogen-bond acceptors (Lipinski definition) is 2. The molecule has 0 amide bonds. The van der Waals surface area contributed by atoms with Crippen molar-refractivity contribution in [3.05, 3.63) is 0 Å². The number of aliphatic imine (C=N–C) groups is 1. The third-order valence-electron chi connectivity index (χ3n) is 4.15. The zero-order valence-electron chi connectivity index (χ0n) is 11.0. The van der Waals surface area contributed by atoms with Crippen LogP contribution in [0, 0.1) is 0 Å². The first kappa shape index (κ1) is 12.7. The van der Waals surface area contributed by atoms with E-state index >= 15 is 0 Å². The lowest BCUT2D eigenvalue weighted by atomic mass is 9.96. The molecule has 0 aromatic carbocycles. The van der Waals surface area contributed by atoms with Gasteiger partial charge in [0.05, 0.1) is 6.04 Å². The number of hydrogen-bond donors (Lipinski definition) is 3. The summed E-state index contributed by atoms with van der Waals surface area (Å²) < 4.78 is 0. The van der Waals surface area contributed by atoms with Crippen LogP contribution in [0.1, 0.15) is 64.7 Å². The fourth-order valence-corrected chi connectivity index (χ4v) is 3.06. The maximum Gasteiger partial charge on any atom is 0.206 e. The summed E-state index contributed by atoms with van der Waals surface area (Å²) in [6.45, 7) is 2.27. The number of rotatable bonds is 2. The standard InChI is InChI=1S/C13H26N4/c1-13(9-5-6-10-13)16-12(17-14)15-11-7-3-2-4-8-11/h11H,2-10,14H2,1H3,(H2,15,16,17). The van der Waals surface area contributed by atoms with Gasteiger partial charge in [0.2, 0.25) is 5.96 Å². The average Bonchev–Trinajstić information content (AvgIpc) is 2.76. The molecule has 0 spiro atoms. The lowest BCUT2D eigenvalue weighted by Gasteiger charge is -2.28. The summed E-state index contributed by atoms with van der Waals surface area (Å²) in [6, 6.07) is 0.465. The molecule has 0 bridgehead atoms. The molecule has 4 N–H and O–H groups in total. The topological polar surface area (TPSA) is 62.4 Å². The van der Waals surface area contributed by atoms with E-state index in [1.165, 1.54) is 57.8 Å². The van der Waals surface area contributed by atoms with Crippen LogP contribution >= 0.6 is 0 Å². The normalized spacial score (nSPS) is 25.9. The number of nitrogens with zero attached hydrogens (tertiary/aromatic N) is 1. The Hall–Kier alpha value is -0.770. The minimum atomic E-state index is 0.194. The highest BCUT2D eigenvalue weighted by molar-refractivity contribution is 5.80. The van der Waals surface area contributed by atoms with Crippen LogP contribution in [-0.4, -0.2) is 17.5 Å². The summed E-state index contributed by atoms with van der Waals surface area (Å²) in [5, 5.41) is 3.50. The predicted molar refractivity (Wildman–Crippen MR) is 71.6 cm³/mol. The number of nitrogens with one attached hydrogen (secondary N) is 2. The molecule has 2 aliphatic rings. The zero-order chi connectivity index (χ0) is 12.1. The molecule has 4 nitrogen and oxygen atoms in total. The Kier molecular flexibility index (Phi) is 4.26. The monoisotopic (exact) mass is 238 g/mol. The van der Waals surface area contributed by atoms with Gasteiger partial charge in [-0.2, -0.15) is 0 Å². The largest absolute Gasteiger partial charge is 0.350 e. The minimum Gasteiger partial charge on any atom is -0.350 e. The number of nitrogens with two attached hydrogens (primary N) is 1. The van der Waals surface area contributed by atoms with Gasteiger partial charge in [0.15, 0.2) is 0 Å². The predicted octanol–water partition coefficient (Wildman–Crippen LogP) is 2.06. The highest BCUT2D eigenvalue weighted by atomic mass is 15.3. The maximum atomic E-state index is 5.58. The van der Waals surface area contributed by atoms with Crippen molar-refractivity contribution in [3.63, 3.8) is 0 Å². The van der Waals surface area contributed by atoms with E-state index in [-0.39, 0.29) is 5.54 Å². The van der Waals surface area contributed by atoms with Crippen molar-refractivity contribution in [2.75, 3.05) is 0 Å². The Morgan fingerprint density at radius 2 is 1.76 bits per heavy atom. The summed E-state index contributed by atoms with van der Waals surface area (Å²) in [5.74, 6) is 6.38. The summed E-state index contributed by atoms with van der Waals surface area (Å²) in [5.41, 5.74) is 2.93. The van der Waals surface area contributed by atoms with Crippen molar-refractivity contribution in [3.8, 4) is 0 Å². The summed E-state index contributed by atoms with van der Waals surface area (Å²) in [7, 11) is 0. The number of guanidine groups is 1. The molecule has 17 heavy (non-hydrogen) atoms. The van der Waals surface area contributed by atoms with Crippen molar-refractivity contribution in [2.45, 2.75) is 76.3 Å². The molecule has 0 atom stereocenters. The molecule has 0 aromatic rings. The second kappa shape index (κ2) is 5.71. The van der Waals surface area contributed by atoms with Crippen LogP contribution in [0.2, 0.25) is 0 Å². The SMILES string of the molecule is CC1(NC(=NC2CCCCC2)NN)CCCC1. The molecule has 0 radical (unpaired) electrons. The first-order chi connectivity index (χ1) is 8.22. The molecule has 2 rings (SSSR count). The first-order valence-electron chi connectivity index (χ1n) is 7.04. The van der Waals surface area contributed by atoms with Crippen LogP contribution in [0.3, 0.4) is 0 Å². The van der Waals surface area contributed by atoms with Gasteiger partial charge in [-0.3, -0.25) is 5.43 Å². The third-order valence-corrected chi connectivity index (χ3v) is 4.15. The summed E-state index contributed by atoms with van der Waals surface area (Å²) >= 11 is 0. The van der Waals surface area contributed by atoms with Gasteiger partial charge >= 0.3 is 0 Å². The zero-order valence-corrected chi connectivity index (χ0v) is 11.0. The highest BCUT2D eigenvalue weighted by Crippen LogP contribution is 2.29. The fourth-order valence-electron chi connectivity index (χ4n) is 3.06. The Bertz CT molecular complexity index is 263. The van der Waals surface area contributed by atoms with Gasteiger partial charge in [0.1, 0.15) is 0 Å². The third kappa shape index (κ3) is 3.60. The van der Waals surface area contributed by atoms with Gasteiger partial charge in [-0.1, -0.05) is 32.1 Å². The lowest BCUT2D eigenvalue weighted by Crippen LogP contribution is -2.52. The molecule has 2 fully saturated rings. The number of hydrazine groups is 1. The molecule has 0 heterocycles. The smallest absolute Gasteiger partial charge is 0.206 e. The van der Waals surface area contributed by atoms with Crippen LogP contribution in [0.5, 0.6) is 0 Å². The van der Waals surface area contributed by atoms with Crippen LogP contribution < -0.4 is 16.6 Å². The van der Waals surface area contributed by atoms with Gasteiger partial charge in [0.25, 0.3) is 0 Å². The van der Waals surface area contributed by atoms with E-state index in [4.69, 9.17) is 10.8 Å². The molecule has 0 aliphatic heterocycles. The average molecular weight is 238 g/mol. The highest BCUT2D eigenvalue weighted by Gasteiger charge is 2.29. The van der Waals surface area contributed by atoms with Crippen molar-refractivity contribution in [2.24, 2.45) is 10.8 Å². The minimum absolute atomic E-state index is 0.194. The second-order valence-corrected chi connectivity index (χ2v) is 5.81. The molecule has 2 saturated carbocycles. The lowest BCUT2D eigenvalue weighted by molar-refractivity contribution is 0.413. The van der Waals surface area contributed by atoms with E-state index in [1.807, 2.05) is 0 Å². The van der Waals surface area contributed by atoms with Crippen molar-refractivity contribution in [1.82, 2.24) is 10.7 Å². The van der Waals surface area contributed by atoms with E-state index < -0.39 is 0 Å². The van der Waals surface area contributed by atoms with E-state index in [1.54, 1.807) is 0 Å². The van der Waals surface area contributed by atoms with Gasteiger partial charge in [-0.25, -0.2) is 10.8 Å². The van der Waals surface area contributed by atoms with Crippen molar-refractivity contribution in [1.29, 1.82) is 0 Å². The molecule has 0 saturated heterocycles. The molecular formula is C13H26N4. The van der Waals surface area contributed by atoms with Crippen LogP contribution in [0.15, 0.2) is 4.99 Å². The van der Waals surface area contributed by atoms with Crippen LogP contribution in [0.4, 0.5) is 0 Å². The maximum absolute atomic E-state index is 5.58. The molecule has 0 aromatic heterocycles. The van der Waals surface area contributed by atoms with E-state index in [0.717, 1.165) is 5.96 Å². The molecule has 98 valence electrons. The van der Waals surface area contributed by atoms with Gasteiger partial charge < -0.3 is 5.32 Å². The Labute approximate surface area is 104 Å². The van der Waals surface area contributed by atoms with Gasteiger partial charge in [-0.15, -0.1) is 0 Å². The van der Waals surface area contributed by atoms with Gasteiger partial charge in [-0.05, 0) is 32.6 Å². The van der Waals surface area contributed by atoms with E-state index in [2.05, 4.69) is 17.7 Å². The van der Waals surface area contributed by atoms with Crippen molar-refractivity contribution >= 4 is 5.96 Å². The summed E-state index contributed by atoms with van der Waals surface area (Å²) in [6.07, 6.45) is 11.5. The van der Waals surface area contributed by atoms with Crippen LogP contribution in [0.25, 0.3) is 0 Å². The van der Waals surface area contributed by atoms with Gasteiger partial charge in [0, 0.05) is 5.54 Å². The molecular weight excluding hydrogens is 212 g/mol. The quantitative estimate of drug-likeness (QED) is 0.299. The Morgan fingerprint density at radius 1 is 1.12 bits per heavy atom.